The molecule has 0 heterocycles. The summed E-state index contributed by atoms with van der Waals surface area (Å²) in [4.78, 5) is 0. The molecule has 0 radical (unpaired) electrons. The molecule has 1 aromatic carbocycles. The number of thiol groups is 1. The zero-order chi connectivity index (χ0) is 10.9. The van der Waals surface area contributed by atoms with E-state index in [2.05, 4.69) is 4.18 Å². The maximum atomic E-state index is 12.6. The van der Waals surface area contributed by atoms with Crippen LogP contribution in [0.25, 0.3) is 0 Å². The van der Waals surface area contributed by atoms with Gasteiger partial charge in [-0.05, 0) is 0 Å². The second kappa shape index (κ2) is 5.69. The molecule has 0 N–H and O–H groups in total. The van der Waals surface area contributed by atoms with Crippen LogP contribution in [0.3, 0.4) is 0 Å². The van der Waals surface area contributed by atoms with Gasteiger partial charge in [0.2, 0.25) is 17.4 Å². The van der Waals surface area contributed by atoms with E-state index in [4.69, 9.17) is 0 Å². The number of rotatable bonds is 2. The van der Waals surface area contributed by atoms with Crippen LogP contribution >= 0.6 is 0 Å². The van der Waals surface area contributed by atoms with Crippen LogP contribution in [0.15, 0.2) is 6.07 Å². The maximum absolute atomic E-state index is 12.6. The third-order valence-electron chi connectivity index (χ3n) is 1.24. The summed E-state index contributed by atoms with van der Waals surface area (Å²) in [7, 11) is -3.65. The number of benzene rings is 1. The summed E-state index contributed by atoms with van der Waals surface area (Å²) in [6, 6.07) is -0.0601. The Bertz CT molecular complexity index is 414. The van der Waals surface area contributed by atoms with Crippen molar-refractivity contribution in [3.63, 3.8) is 0 Å². The van der Waals surface area contributed by atoms with Crippen LogP contribution in [-0.4, -0.2) is 38.0 Å². The van der Waals surface area contributed by atoms with Gasteiger partial charge in [-0.1, -0.05) is 0 Å². The molecule has 0 atom stereocenters. The van der Waals surface area contributed by atoms with Gasteiger partial charge in [0, 0.05) is 6.07 Å². The van der Waals surface area contributed by atoms with E-state index in [-0.39, 0.29) is 35.6 Å². The third-order valence-corrected chi connectivity index (χ3v) is 1.57. The van der Waals surface area contributed by atoms with E-state index in [9.17, 15) is 26.0 Å². The van der Waals surface area contributed by atoms with Crippen LogP contribution in [0, 0.1) is 23.3 Å². The zero-order valence-electron chi connectivity index (χ0n) is 6.26. The summed E-state index contributed by atoms with van der Waals surface area (Å²) in [5.74, 6) is -8.89. The van der Waals surface area contributed by atoms with E-state index in [0.717, 1.165) is 0 Å². The van der Waals surface area contributed by atoms with Crippen LogP contribution in [0.5, 0.6) is 5.75 Å². The van der Waals surface area contributed by atoms with Gasteiger partial charge < -0.3 is 4.18 Å². The summed E-state index contributed by atoms with van der Waals surface area (Å²) in [5, 5.41) is 0. The van der Waals surface area contributed by atoms with Crippen molar-refractivity contribution >= 4 is 40.5 Å². The average molecular weight is 254 g/mol. The van der Waals surface area contributed by atoms with Gasteiger partial charge in [0.1, 0.15) is 0 Å². The molecule has 0 saturated heterocycles. The minimum atomic E-state index is -3.65. The molecule has 0 spiro atoms. The van der Waals surface area contributed by atoms with Crippen molar-refractivity contribution in [3.8, 4) is 5.75 Å². The molecule has 0 bridgehead atoms. The van der Waals surface area contributed by atoms with Gasteiger partial charge in [0.05, 0.1) is 0 Å². The standard InChI is InChI=1S/C6H2F4O3S.Na.H/c7-2-1-3(8)5(10)6(4(2)9)13-14(11)12;;/h1,14H;;. The fourth-order valence-electron chi connectivity index (χ4n) is 0.706. The molecule has 0 aliphatic rings. The number of hydrogen-bond acceptors (Lipinski definition) is 3. The van der Waals surface area contributed by atoms with Gasteiger partial charge in [-0.2, -0.15) is 17.2 Å². The second-order valence-electron chi connectivity index (χ2n) is 2.11. The Kier molecular flexibility index (Phi) is 5.57. The van der Waals surface area contributed by atoms with E-state index in [0.29, 0.717) is 0 Å². The van der Waals surface area contributed by atoms with E-state index in [1.165, 1.54) is 0 Å². The van der Waals surface area contributed by atoms with E-state index in [1.807, 2.05) is 0 Å². The molecule has 80 valence electrons. The first-order valence-corrected chi connectivity index (χ1v) is 4.18. The van der Waals surface area contributed by atoms with Crippen molar-refractivity contribution < 1.29 is 30.2 Å². The van der Waals surface area contributed by atoms with Crippen LogP contribution in [-0.2, 0) is 11.0 Å². The average Bonchev–Trinajstić information content (AvgIpc) is 2.09. The van der Waals surface area contributed by atoms with Gasteiger partial charge in [-0.15, -0.1) is 0 Å². The van der Waals surface area contributed by atoms with Crippen molar-refractivity contribution in [2.45, 2.75) is 0 Å². The number of hydrogen-bond donors (Lipinski definition) is 1. The molecular weight excluding hydrogens is 251 g/mol. The number of halogens is 4. The fourth-order valence-corrected chi connectivity index (χ4v) is 1.02. The van der Waals surface area contributed by atoms with Gasteiger partial charge in [0.15, 0.2) is 11.6 Å². The van der Waals surface area contributed by atoms with Crippen molar-refractivity contribution in [1.29, 1.82) is 0 Å². The summed E-state index contributed by atoms with van der Waals surface area (Å²) in [6.45, 7) is 0. The Morgan fingerprint density at radius 2 is 1.40 bits per heavy atom. The minimum absolute atomic E-state index is 0. The zero-order valence-corrected chi connectivity index (χ0v) is 7.16. The van der Waals surface area contributed by atoms with Crippen LogP contribution in [0.4, 0.5) is 17.6 Å². The predicted octanol–water partition coefficient (Wildman–Crippen LogP) is 0.500. The van der Waals surface area contributed by atoms with Gasteiger partial charge in [-0.3, -0.25) is 0 Å². The molecule has 15 heavy (non-hydrogen) atoms. The summed E-state index contributed by atoms with van der Waals surface area (Å²) < 4.78 is 73.5. The van der Waals surface area contributed by atoms with Crippen molar-refractivity contribution in [2.75, 3.05) is 0 Å². The molecule has 0 unspecified atom stereocenters. The Labute approximate surface area is 105 Å². The summed E-state index contributed by atoms with van der Waals surface area (Å²) in [6.07, 6.45) is 0. The van der Waals surface area contributed by atoms with Crippen molar-refractivity contribution in [1.82, 2.24) is 0 Å². The molecule has 0 amide bonds. The first kappa shape index (κ1) is 14.7. The predicted molar refractivity (Wildman–Crippen MR) is 44.4 cm³/mol. The van der Waals surface area contributed by atoms with Gasteiger partial charge in [-0.25, -0.2) is 8.78 Å². The second-order valence-corrected chi connectivity index (χ2v) is 2.74. The first-order valence-electron chi connectivity index (χ1n) is 3.09. The van der Waals surface area contributed by atoms with Crippen molar-refractivity contribution in [3.05, 3.63) is 29.3 Å². The Hall–Kier alpha value is -0.310. The SMILES string of the molecule is O=[SH](=O)Oc1c(F)c(F)cc(F)c1F.[NaH]. The van der Waals surface area contributed by atoms with E-state index in [1.54, 1.807) is 0 Å². The molecule has 0 aliphatic carbocycles. The normalized spacial score (nSPS) is 9.93. The molecule has 1 aromatic rings. The van der Waals surface area contributed by atoms with Crippen LogP contribution in [0.2, 0.25) is 0 Å². The van der Waals surface area contributed by atoms with E-state index < -0.39 is 40.0 Å². The Morgan fingerprint density at radius 1 is 1.00 bits per heavy atom. The molecule has 0 aromatic heterocycles. The molecule has 9 heteroatoms. The van der Waals surface area contributed by atoms with Gasteiger partial charge in [0.25, 0.3) is 11.0 Å². The summed E-state index contributed by atoms with van der Waals surface area (Å²) in [5.41, 5.74) is 0. The topological polar surface area (TPSA) is 43.4 Å². The van der Waals surface area contributed by atoms with Crippen molar-refractivity contribution in [2.24, 2.45) is 0 Å². The third kappa shape index (κ3) is 3.33. The molecule has 0 fully saturated rings. The monoisotopic (exact) mass is 254 g/mol. The summed E-state index contributed by atoms with van der Waals surface area (Å²) >= 11 is 0. The fraction of sp³-hybridized carbons (Fsp3) is 0. The molecule has 3 nitrogen and oxygen atoms in total. The first-order chi connectivity index (χ1) is 6.43. The molecule has 0 saturated carbocycles. The molecule has 1 rings (SSSR count). The van der Waals surface area contributed by atoms with Crippen LogP contribution in [0.1, 0.15) is 0 Å². The Balaban J connectivity index is 0.00000196. The Morgan fingerprint density at radius 3 is 1.73 bits per heavy atom. The van der Waals surface area contributed by atoms with E-state index >= 15 is 0 Å². The molecular formula is C6H3F4NaO3S. The van der Waals surface area contributed by atoms with Gasteiger partial charge >= 0.3 is 29.6 Å². The molecule has 0 aliphatic heterocycles. The quantitative estimate of drug-likeness (QED) is 0.362. The van der Waals surface area contributed by atoms with Crippen LogP contribution < -0.4 is 4.18 Å².